The maximum absolute atomic E-state index is 11.6. The molecule has 2 aromatic rings. The number of carbonyl (C=O) groups is 4. The minimum absolute atomic E-state index is 0.0664. The van der Waals surface area contributed by atoms with Crippen molar-refractivity contribution in [1.29, 1.82) is 0 Å². The summed E-state index contributed by atoms with van der Waals surface area (Å²) in [7, 11) is 5.78. The summed E-state index contributed by atoms with van der Waals surface area (Å²) < 4.78 is 38.0. The number of ether oxygens (including phenoxy) is 8. The van der Waals surface area contributed by atoms with Crippen molar-refractivity contribution < 1.29 is 62.2 Å². The van der Waals surface area contributed by atoms with Crippen molar-refractivity contribution in [3.05, 3.63) is 48.2 Å². The Kier molecular flexibility index (Phi) is 15.3. The van der Waals surface area contributed by atoms with Gasteiger partial charge in [-0.1, -0.05) is 12.1 Å². The first kappa shape index (κ1) is 34.4. The summed E-state index contributed by atoms with van der Waals surface area (Å²) in [6.45, 7) is 0.381. The van der Waals surface area contributed by atoms with Crippen LogP contribution in [0.15, 0.2) is 48.2 Å². The van der Waals surface area contributed by atoms with Gasteiger partial charge in [-0.05, 0) is 24.3 Å². The molecule has 226 valence electrons. The Labute approximate surface area is 241 Å². The fourth-order valence-electron chi connectivity index (χ4n) is 2.76. The number of fused-ring (bicyclic) bond motifs is 2. The number of anilines is 2. The summed E-state index contributed by atoms with van der Waals surface area (Å²) in [6, 6.07) is 10.6. The van der Waals surface area contributed by atoms with E-state index < -0.39 is 23.9 Å². The molecule has 0 saturated heterocycles. The number of methoxy groups -OCH3 is 4. The predicted octanol–water partition coefficient (Wildman–Crippen LogP) is 0.999. The Morgan fingerprint density at radius 2 is 1.31 bits per heavy atom. The zero-order chi connectivity index (χ0) is 31.5. The topological polar surface area (TPSA) is 200 Å². The highest BCUT2D eigenvalue weighted by molar-refractivity contribution is 5.99. The minimum atomic E-state index is -0.759. The van der Waals surface area contributed by atoms with Crippen LogP contribution in [0, 0.1) is 11.8 Å². The van der Waals surface area contributed by atoms with Crippen LogP contribution in [-0.4, -0.2) is 78.1 Å². The van der Waals surface area contributed by atoms with Gasteiger partial charge in [-0.3, -0.25) is 0 Å². The molecule has 0 spiro atoms. The lowest BCUT2D eigenvalue weighted by molar-refractivity contribution is -0.138. The lowest BCUT2D eigenvalue weighted by atomic mass is 10.2. The molecule has 15 heteroatoms. The van der Waals surface area contributed by atoms with Crippen LogP contribution in [0.3, 0.4) is 0 Å². The Morgan fingerprint density at radius 1 is 0.786 bits per heavy atom. The van der Waals surface area contributed by atoms with E-state index in [0.29, 0.717) is 28.6 Å². The van der Waals surface area contributed by atoms with Crippen molar-refractivity contribution in [2.75, 3.05) is 60.2 Å². The van der Waals surface area contributed by atoms with E-state index in [1.54, 1.807) is 24.3 Å². The maximum Gasteiger partial charge on any atom is 0.384 e. The maximum atomic E-state index is 11.6. The van der Waals surface area contributed by atoms with Crippen molar-refractivity contribution in [3.8, 4) is 34.8 Å². The van der Waals surface area contributed by atoms with Crippen molar-refractivity contribution in [2.45, 2.75) is 0 Å². The SMILES string of the molecule is CO.COC(=O)/C=C(/Nc1cccc2c1OCO2)C(=O)OC.COC(=O)C#CC(=O)OC.Nc1cccc2c1OCO2. The van der Waals surface area contributed by atoms with Crippen LogP contribution in [0.25, 0.3) is 0 Å². The zero-order valence-electron chi connectivity index (χ0n) is 23.4. The molecule has 15 nitrogen and oxygen atoms in total. The van der Waals surface area contributed by atoms with Gasteiger partial charge in [-0.2, -0.15) is 0 Å². The predicted molar refractivity (Wildman–Crippen MR) is 145 cm³/mol. The second-order valence-electron chi connectivity index (χ2n) is 7.05. The Morgan fingerprint density at radius 3 is 1.81 bits per heavy atom. The van der Waals surface area contributed by atoms with E-state index in [1.807, 2.05) is 24.0 Å². The summed E-state index contributed by atoms with van der Waals surface area (Å²) in [5.74, 6) is 3.32. The molecular formula is C27H30N2O13. The van der Waals surface area contributed by atoms with Crippen LogP contribution >= 0.6 is 0 Å². The molecule has 2 aromatic carbocycles. The van der Waals surface area contributed by atoms with Gasteiger partial charge in [0.25, 0.3) is 0 Å². The van der Waals surface area contributed by atoms with Crippen LogP contribution in [0.1, 0.15) is 0 Å². The molecule has 0 aliphatic carbocycles. The molecule has 2 aliphatic heterocycles. The number of nitrogens with two attached hydrogens (primary N) is 1. The van der Waals surface area contributed by atoms with E-state index in [9.17, 15) is 19.2 Å². The van der Waals surface area contributed by atoms with Crippen molar-refractivity contribution in [2.24, 2.45) is 0 Å². The molecule has 0 amide bonds. The summed E-state index contributed by atoms with van der Waals surface area (Å²) in [5, 5.41) is 9.78. The molecular weight excluding hydrogens is 560 g/mol. The number of hydrogen-bond acceptors (Lipinski definition) is 15. The van der Waals surface area contributed by atoms with Crippen LogP contribution in [0.2, 0.25) is 0 Å². The number of benzene rings is 2. The van der Waals surface area contributed by atoms with Crippen LogP contribution < -0.4 is 30.0 Å². The first-order valence-electron chi connectivity index (χ1n) is 11.5. The van der Waals surface area contributed by atoms with Crippen molar-refractivity contribution in [1.82, 2.24) is 0 Å². The highest BCUT2D eigenvalue weighted by Crippen LogP contribution is 2.39. The highest BCUT2D eigenvalue weighted by atomic mass is 16.7. The number of para-hydroxylation sites is 2. The largest absolute Gasteiger partial charge is 0.466 e. The van der Waals surface area contributed by atoms with Gasteiger partial charge in [-0.25, -0.2) is 19.2 Å². The average Bonchev–Trinajstić information content (AvgIpc) is 3.71. The standard InChI is InChI=1S/C13H13NO6.C7H7NO2.C6H6O4.CH4O/c1-17-11(15)6-9(13(16)18-2)14-8-4-3-5-10-12(8)20-7-19-10;8-5-2-1-3-6-7(5)10-4-9-6;1-9-5(7)3-4-6(8)10-2;1-2/h3-6,14H,7H2,1-2H3;1-3H,4,8H2;1-2H3;2H,1H3/b9-6+;;;. The van der Waals surface area contributed by atoms with Gasteiger partial charge in [0.2, 0.25) is 13.6 Å². The quantitative estimate of drug-likeness (QED) is 0.114. The molecule has 4 N–H and O–H groups in total. The highest BCUT2D eigenvalue weighted by Gasteiger charge is 2.20. The molecule has 0 saturated carbocycles. The first-order chi connectivity index (χ1) is 20.2. The number of aliphatic hydroxyl groups is 1. The molecule has 0 aromatic heterocycles. The van der Waals surface area contributed by atoms with E-state index in [4.69, 9.17) is 29.8 Å². The van der Waals surface area contributed by atoms with E-state index in [-0.39, 0.29) is 19.3 Å². The first-order valence-corrected chi connectivity index (χ1v) is 11.5. The summed E-state index contributed by atoms with van der Waals surface area (Å²) in [6.07, 6.45) is 1.00. The van der Waals surface area contributed by atoms with Crippen LogP contribution in [0.5, 0.6) is 23.0 Å². The van der Waals surface area contributed by atoms with Gasteiger partial charge >= 0.3 is 23.9 Å². The number of esters is 4. The number of rotatable bonds is 4. The number of hydrogen-bond donors (Lipinski definition) is 3. The van der Waals surface area contributed by atoms with Crippen molar-refractivity contribution >= 4 is 35.3 Å². The number of nitrogens with one attached hydrogen (secondary N) is 1. The fraction of sp³-hybridized carbons (Fsp3) is 0.259. The van der Waals surface area contributed by atoms with Crippen LogP contribution in [0.4, 0.5) is 11.4 Å². The number of aliphatic hydroxyl groups excluding tert-OH is 1. The second kappa shape index (κ2) is 18.6. The average molecular weight is 591 g/mol. The van der Waals surface area contributed by atoms with E-state index in [1.165, 1.54) is 28.4 Å². The third-order valence-electron chi connectivity index (χ3n) is 4.60. The van der Waals surface area contributed by atoms with Gasteiger partial charge < -0.3 is 54.1 Å². The Hall–Kier alpha value is -5.62. The molecule has 2 heterocycles. The van der Waals surface area contributed by atoms with Gasteiger partial charge in [0.05, 0.1) is 45.9 Å². The van der Waals surface area contributed by atoms with E-state index >= 15 is 0 Å². The zero-order valence-corrected chi connectivity index (χ0v) is 23.4. The summed E-state index contributed by atoms with van der Waals surface area (Å²) in [5.41, 5.74) is 6.62. The summed E-state index contributed by atoms with van der Waals surface area (Å²) >= 11 is 0. The molecule has 0 bridgehead atoms. The smallest absolute Gasteiger partial charge is 0.384 e. The molecule has 0 fully saturated rings. The molecule has 0 unspecified atom stereocenters. The van der Waals surface area contributed by atoms with E-state index in [2.05, 4.69) is 24.3 Å². The normalized spacial score (nSPS) is 11.1. The van der Waals surface area contributed by atoms with Gasteiger partial charge in [0.1, 0.15) is 5.70 Å². The summed E-state index contributed by atoms with van der Waals surface area (Å²) in [4.78, 5) is 43.4. The third kappa shape index (κ3) is 10.9. The van der Waals surface area contributed by atoms with Gasteiger partial charge in [0.15, 0.2) is 23.0 Å². The number of carbonyl (C=O) groups excluding carboxylic acids is 4. The fourth-order valence-corrected chi connectivity index (χ4v) is 2.76. The van der Waals surface area contributed by atoms with E-state index in [0.717, 1.165) is 18.9 Å². The molecule has 42 heavy (non-hydrogen) atoms. The second-order valence-corrected chi connectivity index (χ2v) is 7.05. The monoisotopic (exact) mass is 590 g/mol. The molecule has 0 radical (unpaired) electrons. The number of nitrogen functional groups attached to an aromatic ring is 1. The Bertz CT molecular complexity index is 1310. The molecule has 2 aliphatic rings. The van der Waals surface area contributed by atoms with Crippen LogP contribution in [-0.2, 0) is 38.1 Å². The Balaban J connectivity index is 0.000000337. The lowest BCUT2D eigenvalue weighted by Crippen LogP contribution is -2.15. The molecule has 4 rings (SSSR count). The lowest BCUT2D eigenvalue weighted by Gasteiger charge is -2.10. The third-order valence-corrected chi connectivity index (χ3v) is 4.60. The molecule has 0 atom stereocenters. The van der Waals surface area contributed by atoms with Crippen molar-refractivity contribution in [3.63, 3.8) is 0 Å². The van der Waals surface area contributed by atoms with Gasteiger partial charge in [-0.15, -0.1) is 0 Å². The minimum Gasteiger partial charge on any atom is -0.466 e. The van der Waals surface area contributed by atoms with Gasteiger partial charge in [0, 0.05) is 19.0 Å².